The Morgan fingerprint density at radius 3 is 3.05 bits per heavy atom. The fraction of sp³-hybridized carbons (Fsp3) is 0.308. The van der Waals surface area contributed by atoms with E-state index in [0.717, 1.165) is 10.4 Å². The van der Waals surface area contributed by atoms with Crippen molar-refractivity contribution in [2.45, 2.75) is 19.3 Å². The number of rotatable bonds is 2. The molecular formula is C13H14N4O2S. The number of anilines is 2. The number of nitrogens with one attached hydrogen (secondary N) is 2. The third kappa shape index (κ3) is 2.09. The number of amides is 2. The first-order chi connectivity index (χ1) is 9.56. The highest BCUT2D eigenvalue weighted by Crippen LogP contribution is 2.42. The topological polar surface area (TPSA) is 76.0 Å². The van der Waals surface area contributed by atoms with Crippen molar-refractivity contribution in [3.8, 4) is 0 Å². The molecule has 0 saturated heterocycles. The number of aromatic nitrogens is 2. The maximum atomic E-state index is 11.9. The van der Waals surface area contributed by atoms with Gasteiger partial charge in [0.2, 0.25) is 11.8 Å². The highest BCUT2D eigenvalue weighted by Gasteiger charge is 2.33. The minimum absolute atomic E-state index is 0.0340. The molecule has 1 atom stereocenters. The number of thiophene rings is 1. The van der Waals surface area contributed by atoms with Crippen LogP contribution in [0, 0.1) is 0 Å². The van der Waals surface area contributed by atoms with Gasteiger partial charge in [0, 0.05) is 36.8 Å². The summed E-state index contributed by atoms with van der Waals surface area (Å²) in [6.07, 6.45) is 0.367. The maximum absolute atomic E-state index is 11.9. The number of nitrogens with zero attached hydrogens (tertiary/aromatic N) is 2. The molecule has 0 spiro atoms. The van der Waals surface area contributed by atoms with Crippen molar-refractivity contribution in [2.24, 2.45) is 7.05 Å². The largest absolute Gasteiger partial charge is 0.311 e. The minimum Gasteiger partial charge on any atom is -0.311 e. The molecule has 0 saturated carbocycles. The summed E-state index contributed by atoms with van der Waals surface area (Å²) in [5.74, 6) is 0.909. The lowest BCUT2D eigenvalue weighted by atomic mass is 9.92. The molecule has 1 unspecified atom stereocenters. The molecule has 7 heteroatoms. The van der Waals surface area contributed by atoms with Crippen LogP contribution in [0.4, 0.5) is 11.6 Å². The SMILES string of the molecule is CC(=O)Nc1nn(C)c2c1C(c1cccs1)CC(=O)N2. The molecule has 1 aliphatic rings. The number of fused-ring (bicyclic) bond motifs is 1. The standard InChI is InChI=1S/C13H14N4O2S/c1-7(18)14-12-11-8(9-4-3-5-20-9)6-10(19)15-13(11)17(2)16-12/h3-5,8H,6H2,1-2H3,(H,15,19)(H,14,16,18). The summed E-state index contributed by atoms with van der Waals surface area (Å²) in [5, 5.41) is 11.9. The zero-order chi connectivity index (χ0) is 14.3. The van der Waals surface area contributed by atoms with Gasteiger partial charge < -0.3 is 10.6 Å². The van der Waals surface area contributed by atoms with Gasteiger partial charge in [-0.1, -0.05) is 6.07 Å². The van der Waals surface area contributed by atoms with E-state index in [1.165, 1.54) is 6.92 Å². The predicted octanol–water partition coefficient (Wildman–Crippen LogP) is 1.91. The second kappa shape index (κ2) is 4.75. The Bertz CT molecular complexity index is 675. The Balaban J connectivity index is 2.13. The smallest absolute Gasteiger partial charge is 0.226 e. The molecule has 0 bridgehead atoms. The molecule has 2 aromatic rings. The highest BCUT2D eigenvalue weighted by molar-refractivity contribution is 7.10. The van der Waals surface area contributed by atoms with Crippen LogP contribution < -0.4 is 10.6 Å². The quantitative estimate of drug-likeness (QED) is 0.887. The van der Waals surface area contributed by atoms with Crippen LogP contribution in [0.25, 0.3) is 0 Å². The lowest BCUT2D eigenvalue weighted by Gasteiger charge is -2.22. The molecule has 0 radical (unpaired) electrons. The van der Waals surface area contributed by atoms with Crippen molar-refractivity contribution in [3.05, 3.63) is 28.0 Å². The fourth-order valence-corrected chi connectivity index (χ4v) is 3.32. The van der Waals surface area contributed by atoms with Crippen molar-refractivity contribution in [1.82, 2.24) is 9.78 Å². The van der Waals surface area contributed by atoms with Gasteiger partial charge in [0.05, 0.1) is 0 Å². The van der Waals surface area contributed by atoms with E-state index < -0.39 is 0 Å². The summed E-state index contributed by atoms with van der Waals surface area (Å²) < 4.78 is 1.60. The summed E-state index contributed by atoms with van der Waals surface area (Å²) in [6.45, 7) is 1.45. The molecule has 3 rings (SSSR count). The molecule has 20 heavy (non-hydrogen) atoms. The van der Waals surface area contributed by atoms with Crippen LogP contribution in [-0.2, 0) is 16.6 Å². The molecule has 104 valence electrons. The first-order valence-corrected chi connectivity index (χ1v) is 7.12. The number of carbonyl (C=O) groups excluding carboxylic acids is 2. The van der Waals surface area contributed by atoms with Gasteiger partial charge in [0.15, 0.2) is 5.82 Å². The number of hydrogen-bond donors (Lipinski definition) is 2. The third-order valence-electron chi connectivity index (χ3n) is 3.26. The monoisotopic (exact) mass is 290 g/mol. The summed E-state index contributed by atoms with van der Waals surface area (Å²) in [7, 11) is 1.75. The van der Waals surface area contributed by atoms with Crippen LogP contribution in [0.1, 0.15) is 29.7 Å². The third-order valence-corrected chi connectivity index (χ3v) is 4.25. The molecule has 0 aliphatic carbocycles. The van der Waals surface area contributed by atoms with Crippen LogP contribution >= 0.6 is 11.3 Å². The van der Waals surface area contributed by atoms with E-state index in [-0.39, 0.29) is 17.7 Å². The normalized spacial score (nSPS) is 17.5. The van der Waals surface area contributed by atoms with Gasteiger partial charge in [-0.3, -0.25) is 14.3 Å². The Kier molecular flexibility index (Phi) is 3.06. The van der Waals surface area contributed by atoms with Crippen molar-refractivity contribution in [2.75, 3.05) is 10.6 Å². The Labute approximate surface area is 119 Å². The maximum Gasteiger partial charge on any atom is 0.226 e. The zero-order valence-electron chi connectivity index (χ0n) is 11.1. The molecular weight excluding hydrogens is 276 g/mol. The van der Waals surface area contributed by atoms with Crippen LogP contribution in [0.15, 0.2) is 17.5 Å². The summed E-state index contributed by atoms with van der Waals surface area (Å²) in [5.41, 5.74) is 0.879. The van der Waals surface area contributed by atoms with Crippen molar-refractivity contribution >= 4 is 34.8 Å². The van der Waals surface area contributed by atoms with E-state index in [1.54, 1.807) is 23.1 Å². The Morgan fingerprint density at radius 1 is 1.60 bits per heavy atom. The van der Waals surface area contributed by atoms with Gasteiger partial charge >= 0.3 is 0 Å². The lowest BCUT2D eigenvalue weighted by molar-refractivity contribution is -0.116. The molecule has 2 aromatic heterocycles. The Morgan fingerprint density at radius 2 is 2.40 bits per heavy atom. The van der Waals surface area contributed by atoms with Crippen LogP contribution in [-0.4, -0.2) is 21.6 Å². The van der Waals surface area contributed by atoms with Gasteiger partial charge in [0.25, 0.3) is 0 Å². The van der Waals surface area contributed by atoms with Gasteiger partial charge in [0.1, 0.15) is 5.82 Å². The van der Waals surface area contributed by atoms with Crippen molar-refractivity contribution in [1.29, 1.82) is 0 Å². The van der Waals surface area contributed by atoms with Gasteiger partial charge in [-0.15, -0.1) is 11.3 Å². The summed E-state index contributed by atoms with van der Waals surface area (Å²) >= 11 is 1.60. The van der Waals surface area contributed by atoms with Gasteiger partial charge in [-0.2, -0.15) is 5.10 Å². The molecule has 2 N–H and O–H groups in total. The van der Waals surface area contributed by atoms with Gasteiger partial charge in [-0.25, -0.2) is 0 Å². The average molecular weight is 290 g/mol. The Hall–Kier alpha value is -2.15. The second-order valence-electron chi connectivity index (χ2n) is 4.74. The van der Waals surface area contributed by atoms with E-state index >= 15 is 0 Å². The van der Waals surface area contributed by atoms with Gasteiger partial charge in [-0.05, 0) is 11.4 Å². The number of aryl methyl sites for hydroxylation is 1. The zero-order valence-corrected chi connectivity index (χ0v) is 12.0. The van der Waals surface area contributed by atoms with E-state index in [1.807, 2.05) is 17.5 Å². The first kappa shape index (κ1) is 12.9. The number of hydrogen-bond acceptors (Lipinski definition) is 4. The van der Waals surface area contributed by atoms with Crippen LogP contribution in [0.2, 0.25) is 0 Å². The molecule has 2 amide bonds. The van der Waals surface area contributed by atoms with Crippen molar-refractivity contribution in [3.63, 3.8) is 0 Å². The predicted molar refractivity (Wildman–Crippen MR) is 76.9 cm³/mol. The van der Waals surface area contributed by atoms with Crippen LogP contribution in [0.3, 0.4) is 0 Å². The van der Waals surface area contributed by atoms with Crippen LogP contribution in [0.5, 0.6) is 0 Å². The lowest BCUT2D eigenvalue weighted by Crippen LogP contribution is -2.24. The van der Waals surface area contributed by atoms with E-state index in [4.69, 9.17) is 0 Å². The summed E-state index contributed by atoms with van der Waals surface area (Å²) in [4.78, 5) is 24.3. The highest BCUT2D eigenvalue weighted by atomic mass is 32.1. The minimum atomic E-state index is -0.173. The van der Waals surface area contributed by atoms with E-state index in [9.17, 15) is 9.59 Å². The molecule has 6 nitrogen and oxygen atoms in total. The molecule has 0 aromatic carbocycles. The van der Waals surface area contributed by atoms with Crippen molar-refractivity contribution < 1.29 is 9.59 Å². The van der Waals surface area contributed by atoms with E-state index in [2.05, 4.69) is 15.7 Å². The van der Waals surface area contributed by atoms with E-state index in [0.29, 0.717) is 18.1 Å². The number of carbonyl (C=O) groups is 2. The molecule has 1 aliphatic heterocycles. The first-order valence-electron chi connectivity index (χ1n) is 6.24. The second-order valence-corrected chi connectivity index (χ2v) is 5.72. The molecule has 0 fully saturated rings. The summed E-state index contributed by atoms with van der Waals surface area (Å²) in [6, 6.07) is 3.96. The fourth-order valence-electron chi connectivity index (χ4n) is 2.48. The molecule has 3 heterocycles. The average Bonchev–Trinajstić information content (AvgIpc) is 2.98.